The summed E-state index contributed by atoms with van der Waals surface area (Å²) >= 11 is 0. The monoisotopic (exact) mass is 470 g/mol. The van der Waals surface area contributed by atoms with Gasteiger partial charge in [0.2, 0.25) is 0 Å². The van der Waals surface area contributed by atoms with E-state index in [1.807, 2.05) is 0 Å². The van der Waals surface area contributed by atoms with Gasteiger partial charge in [0, 0.05) is 0 Å². The molecule has 0 heterocycles. The van der Waals surface area contributed by atoms with Crippen LogP contribution in [0.4, 0.5) is 0 Å². The van der Waals surface area contributed by atoms with Crippen LogP contribution in [0.1, 0.15) is 30.5 Å². The maximum Gasteiger partial charge on any atom is -0.00235 e. The van der Waals surface area contributed by atoms with E-state index in [4.69, 9.17) is 0 Å². The summed E-state index contributed by atoms with van der Waals surface area (Å²) in [6, 6.07) is 40.3. The quantitative estimate of drug-likeness (QED) is 0.227. The molecule has 0 saturated heterocycles. The van der Waals surface area contributed by atoms with Gasteiger partial charge in [0.1, 0.15) is 0 Å². The fourth-order valence-corrected chi connectivity index (χ4v) is 7.35. The van der Waals surface area contributed by atoms with Gasteiger partial charge in [0.15, 0.2) is 0 Å². The smallest absolute Gasteiger partial charge is 0.00235 e. The Hall–Kier alpha value is -3.47. The lowest BCUT2D eigenvalue weighted by molar-refractivity contribution is 1.35. The third-order valence-corrected chi connectivity index (χ3v) is 9.42. The Morgan fingerprint density at radius 3 is 1.86 bits per heavy atom. The van der Waals surface area contributed by atoms with Crippen LogP contribution in [-0.4, -0.2) is 0 Å². The minimum absolute atomic E-state index is 0.730. The number of hydrogen-bond acceptors (Lipinski definition) is 0. The fourth-order valence-electron chi connectivity index (χ4n) is 4.81. The molecule has 5 rings (SSSR count). The molecule has 0 unspecified atom stereocenters. The molecule has 0 aliphatic rings. The van der Waals surface area contributed by atoms with E-state index in [1.165, 1.54) is 60.1 Å². The molecule has 1 heteroatoms. The van der Waals surface area contributed by atoms with Gasteiger partial charge in [-0.2, -0.15) is 0 Å². The topological polar surface area (TPSA) is 0 Å². The largest absolute Gasteiger partial charge is 0.0841 e. The van der Waals surface area contributed by atoms with Gasteiger partial charge in [0.25, 0.3) is 0 Å². The number of allylic oxidation sites excluding steroid dienone is 2. The molecule has 0 aromatic heterocycles. The summed E-state index contributed by atoms with van der Waals surface area (Å²) in [5.74, 6) is 0. The van der Waals surface area contributed by atoms with Crippen molar-refractivity contribution in [3.05, 3.63) is 132 Å². The zero-order valence-corrected chi connectivity index (χ0v) is 21.8. The summed E-state index contributed by atoms with van der Waals surface area (Å²) in [6.07, 6.45) is 2.23. The molecule has 0 fully saturated rings. The molecule has 5 aromatic carbocycles. The van der Waals surface area contributed by atoms with Crippen LogP contribution >= 0.6 is 7.92 Å². The second kappa shape index (κ2) is 10.0. The second-order valence-corrected chi connectivity index (χ2v) is 11.3. The van der Waals surface area contributed by atoms with Crippen molar-refractivity contribution in [1.29, 1.82) is 0 Å². The van der Waals surface area contributed by atoms with Crippen LogP contribution in [0.25, 0.3) is 27.5 Å². The predicted molar refractivity (Wildman–Crippen MR) is 157 cm³/mol. The zero-order chi connectivity index (χ0) is 24.4. The number of rotatable bonds is 5. The number of aryl methyl sites for hydroxylation is 2. The zero-order valence-electron chi connectivity index (χ0n) is 20.9. The minimum Gasteiger partial charge on any atom is -0.0841 e. The normalized spacial score (nSPS) is 11.9. The molecule has 0 saturated carbocycles. The van der Waals surface area contributed by atoms with E-state index in [0.717, 1.165) is 0 Å². The Labute approximate surface area is 210 Å². The first kappa shape index (κ1) is 23.3. The fraction of sp³-hybridized carbons (Fsp3) is 0.118. The Morgan fingerprint density at radius 1 is 0.657 bits per heavy atom. The van der Waals surface area contributed by atoms with E-state index in [0.29, 0.717) is 0 Å². The van der Waals surface area contributed by atoms with Crippen LogP contribution in [0.3, 0.4) is 0 Å². The van der Waals surface area contributed by atoms with E-state index >= 15 is 0 Å². The molecule has 0 aliphatic heterocycles. The third-order valence-electron chi connectivity index (χ3n) is 6.94. The van der Waals surface area contributed by atoms with Crippen LogP contribution in [0.2, 0.25) is 0 Å². The van der Waals surface area contributed by atoms with Gasteiger partial charge >= 0.3 is 0 Å². The van der Waals surface area contributed by atoms with E-state index in [1.54, 1.807) is 0 Å². The van der Waals surface area contributed by atoms with Gasteiger partial charge < -0.3 is 0 Å². The Balaban J connectivity index is 1.91. The molecule has 0 N–H and O–H groups in total. The molecule has 0 nitrogen and oxygen atoms in total. The molecule has 0 atom stereocenters. The SMILES string of the molecule is CC=C(C)c1ccc2ccccc2c1-c1cc(C)c(C)cc1P(c1ccccc1)c1ccccc1. The number of benzene rings is 5. The molecule has 0 spiro atoms. The van der Waals surface area contributed by atoms with Crippen molar-refractivity contribution >= 4 is 40.2 Å². The van der Waals surface area contributed by atoms with Crippen LogP contribution in [0.5, 0.6) is 0 Å². The molecular formula is C34H31P. The first-order valence-corrected chi connectivity index (χ1v) is 13.6. The highest BCUT2D eigenvalue weighted by atomic mass is 31.1. The molecule has 0 radical (unpaired) electrons. The summed E-state index contributed by atoms with van der Waals surface area (Å²) in [5, 5.41) is 6.77. The molecule has 172 valence electrons. The van der Waals surface area contributed by atoms with Gasteiger partial charge in [-0.15, -0.1) is 0 Å². The third kappa shape index (κ3) is 4.47. The molecular weight excluding hydrogens is 439 g/mol. The van der Waals surface area contributed by atoms with Gasteiger partial charge in [0.05, 0.1) is 0 Å². The molecule has 5 aromatic rings. The van der Waals surface area contributed by atoms with E-state index in [9.17, 15) is 0 Å². The second-order valence-electron chi connectivity index (χ2n) is 9.14. The van der Waals surface area contributed by atoms with Crippen molar-refractivity contribution in [1.82, 2.24) is 0 Å². The van der Waals surface area contributed by atoms with E-state index < -0.39 is 7.92 Å². The van der Waals surface area contributed by atoms with Crippen LogP contribution in [0.15, 0.2) is 115 Å². The van der Waals surface area contributed by atoms with Crippen LogP contribution in [0, 0.1) is 13.8 Å². The first-order valence-electron chi connectivity index (χ1n) is 12.3. The minimum atomic E-state index is -0.730. The Bertz CT molecular complexity index is 1470. The van der Waals surface area contributed by atoms with Crippen molar-refractivity contribution in [2.45, 2.75) is 27.7 Å². The molecule has 35 heavy (non-hydrogen) atoms. The van der Waals surface area contributed by atoms with E-state index in [-0.39, 0.29) is 0 Å². The molecule has 0 bridgehead atoms. The lowest BCUT2D eigenvalue weighted by atomic mass is 9.89. The van der Waals surface area contributed by atoms with Crippen LogP contribution in [-0.2, 0) is 0 Å². The number of fused-ring (bicyclic) bond motifs is 1. The van der Waals surface area contributed by atoms with Crippen molar-refractivity contribution < 1.29 is 0 Å². The maximum atomic E-state index is 2.45. The Morgan fingerprint density at radius 2 is 1.23 bits per heavy atom. The summed E-state index contributed by atoms with van der Waals surface area (Å²) in [6.45, 7) is 8.85. The van der Waals surface area contributed by atoms with Crippen molar-refractivity contribution in [3.63, 3.8) is 0 Å². The van der Waals surface area contributed by atoms with E-state index in [2.05, 4.69) is 143 Å². The highest BCUT2D eigenvalue weighted by Gasteiger charge is 2.23. The van der Waals surface area contributed by atoms with Crippen molar-refractivity contribution in [2.24, 2.45) is 0 Å². The average Bonchev–Trinajstić information content (AvgIpc) is 2.91. The molecule has 0 aliphatic carbocycles. The van der Waals surface area contributed by atoms with Gasteiger partial charge in [-0.25, -0.2) is 0 Å². The first-order chi connectivity index (χ1) is 17.1. The number of hydrogen-bond donors (Lipinski definition) is 0. The summed E-state index contributed by atoms with van der Waals surface area (Å²) in [4.78, 5) is 0. The van der Waals surface area contributed by atoms with Gasteiger partial charge in [-0.3, -0.25) is 0 Å². The van der Waals surface area contributed by atoms with Gasteiger partial charge in [-0.1, -0.05) is 115 Å². The van der Waals surface area contributed by atoms with Gasteiger partial charge in [-0.05, 0) is 95.7 Å². The van der Waals surface area contributed by atoms with Crippen LogP contribution < -0.4 is 15.9 Å². The highest BCUT2D eigenvalue weighted by molar-refractivity contribution is 7.80. The lowest BCUT2D eigenvalue weighted by Gasteiger charge is -2.26. The lowest BCUT2D eigenvalue weighted by Crippen LogP contribution is -2.23. The predicted octanol–water partition coefficient (Wildman–Crippen LogP) is 8.31. The van der Waals surface area contributed by atoms with Crippen molar-refractivity contribution in [2.75, 3.05) is 0 Å². The summed E-state index contributed by atoms with van der Waals surface area (Å²) < 4.78 is 0. The molecule has 0 amide bonds. The summed E-state index contributed by atoms with van der Waals surface area (Å²) in [5.41, 5.74) is 7.98. The Kier molecular flexibility index (Phi) is 6.67. The average molecular weight is 471 g/mol. The summed E-state index contributed by atoms with van der Waals surface area (Å²) in [7, 11) is -0.730. The maximum absolute atomic E-state index is 2.45. The van der Waals surface area contributed by atoms with Crippen molar-refractivity contribution in [3.8, 4) is 11.1 Å². The standard InChI is InChI=1S/C34H31P/c1-5-24(2)30-21-20-27-14-12-13-19-31(27)34(30)32-22-25(3)26(4)23-33(32)35(28-15-8-6-9-16-28)29-17-10-7-11-18-29/h5-23H,1-4H3. The highest BCUT2D eigenvalue weighted by Crippen LogP contribution is 2.42.